The second-order valence-electron chi connectivity index (χ2n) is 7.84. The van der Waals surface area contributed by atoms with Crippen molar-refractivity contribution in [3.05, 3.63) is 58.7 Å². The number of esters is 1. The molecule has 27 heavy (non-hydrogen) atoms. The standard InChI is InChI=1S/C24H35NO2/c1-19(12-13-23-21(3)11-8-15-24(23,5)6)9-7-10-20(2)14-16-25-17-18-27-22(4)26/h7,9-10,12-14,16H,8,11,15,17-18H2,1-6H3/b10-7+,13-12+,19-9+,20-14+,25-16+. The molecule has 0 amide bonds. The molecular weight excluding hydrogens is 334 g/mol. The van der Waals surface area contributed by atoms with Crippen LogP contribution in [0.1, 0.15) is 60.8 Å². The Morgan fingerprint density at radius 2 is 1.85 bits per heavy atom. The fourth-order valence-corrected chi connectivity index (χ4v) is 3.17. The van der Waals surface area contributed by atoms with Gasteiger partial charge in [-0.25, -0.2) is 0 Å². The highest BCUT2D eigenvalue weighted by atomic mass is 16.5. The minimum Gasteiger partial charge on any atom is -0.464 e. The predicted molar refractivity (Wildman–Crippen MR) is 116 cm³/mol. The Bertz CT molecular complexity index is 685. The summed E-state index contributed by atoms with van der Waals surface area (Å²) in [6.45, 7) is 13.3. The Labute approximate surface area is 165 Å². The molecule has 0 atom stereocenters. The lowest BCUT2D eigenvalue weighted by molar-refractivity contribution is -0.140. The van der Waals surface area contributed by atoms with Gasteiger partial charge >= 0.3 is 5.97 Å². The quantitative estimate of drug-likeness (QED) is 0.223. The number of nitrogens with zero attached hydrogens (tertiary/aromatic N) is 1. The number of hydrogen-bond acceptors (Lipinski definition) is 3. The van der Waals surface area contributed by atoms with Crippen molar-refractivity contribution >= 4 is 12.2 Å². The van der Waals surface area contributed by atoms with Gasteiger partial charge < -0.3 is 4.74 Å². The highest BCUT2D eigenvalue weighted by molar-refractivity contribution is 5.72. The van der Waals surface area contributed by atoms with E-state index >= 15 is 0 Å². The average Bonchev–Trinajstić information content (AvgIpc) is 2.56. The predicted octanol–water partition coefficient (Wildman–Crippen LogP) is 6.15. The molecule has 0 saturated heterocycles. The zero-order valence-electron chi connectivity index (χ0n) is 17.8. The molecule has 0 radical (unpaired) electrons. The highest BCUT2D eigenvalue weighted by Crippen LogP contribution is 2.40. The van der Waals surface area contributed by atoms with Crippen LogP contribution < -0.4 is 0 Å². The molecule has 148 valence electrons. The van der Waals surface area contributed by atoms with Gasteiger partial charge in [0.1, 0.15) is 6.61 Å². The van der Waals surface area contributed by atoms with E-state index in [9.17, 15) is 4.79 Å². The van der Waals surface area contributed by atoms with Gasteiger partial charge in [-0.1, -0.05) is 55.4 Å². The summed E-state index contributed by atoms with van der Waals surface area (Å²) >= 11 is 0. The van der Waals surface area contributed by atoms with Crippen molar-refractivity contribution in [2.24, 2.45) is 10.4 Å². The summed E-state index contributed by atoms with van der Waals surface area (Å²) in [5.41, 5.74) is 5.65. The minimum atomic E-state index is -0.269. The van der Waals surface area contributed by atoms with E-state index in [1.807, 2.05) is 13.0 Å². The van der Waals surface area contributed by atoms with Gasteiger partial charge in [0.05, 0.1) is 6.54 Å². The molecule has 0 aromatic heterocycles. The Kier molecular flexibility index (Phi) is 9.77. The number of aliphatic imine (C=N–C) groups is 1. The molecule has 0 N–H and O–H groups in total. The summed E-state index contributed by atoms with van der Waals surface area (Å²) in [6.07, 6.45) is 18.2. The lowest BCUT2D eigenvalue weighted by atomic mass is 9.72. The molecule has 3 nitrogen and oxygen atoms in total. The third kappa shape index (κ3) is 9.37. The maximum atomic E-state index is 10.6. The smallest absolute Gasteiger partial charge is 0.302 e. The average molecular weight is 370 g/mol. The van der Waals surface area contributed by atoms with Crippen LogP contribution in [0.2, 0.25) is 0 Å². The number of carbonyl (C=O) groups excluding carboxylic acids is 1. The highest BCUT2D eigenvalue weighted by Gasteiger charge is 2.26. The van der Waals surface area contributed by atoms with Crippen LogP contribution >= 0.6 is 0 Å². The van der Waals surface area contributed by atoms with Crippen molar-refractivity contribution in [1.29, 1.82) is 0 Å². The van der Waals surface area contributed by atoms with E-state index in [1.165, 1.54) is 42.9 Å². The summed E-state index contributed by atoms with van der Waals surface area (Å²) in [5, 5.41) is 0. The number of rotatable bonds is 8. The Hall–Kier alpha value is -2.16. The normalized spacial score (nSPS) is 18.9. The molecule has 0 aliphatic heterocycles. The summed E-state index contributed by atoms with van der Waals surface area (Å²) in [6, 6.07) is 0. The van der Waals surface area contributed by atoms with E-state index in [2.05, 4.69) is 63.1 Å². The van der Waals surface area contributed by atoms with E-state index in [0.29, 0.717) is 13.2 Å². The molecule has 1 rings (SSSR count). The molecular formula is C24H35NO2. The first-order chi connectivity index (χ1) is 12.7. The summed E-state index contributed by atoms with van der Waals surface area (Å²) in [5.74, 6) is -0.269. The fourth-order valence-electron chi connectivity index (χ4n) is 3.17. The van der Waals surface area contributed by atoms with E-state index in [0.717, 1.165) is 5.57 Å². The van der Waals surface area contributed by atoms with Crippen molar-refractivity contribution in [3.63, 3.8) is 0 Å². The van der Waals surface area contributed by atoms with Crippen molar-refractivity contribution in [2.75, 3.05) is 13.2 Å². The molecule has 0 aromatic rings. The first-order valence-corrected chi connectivity index (χ1v) is 9.76. The SMILES string of the molecule is CC(=O)OCC/N=C/C=C(C)/C=C/C=C(C)/C=C/C1=C(C)CCCC1(C)C. The Morgan fingerprint density at radius 3 is 2.52 bits per heavy atom. The third-order valence-electron chi connectivity index (χ3n) is 4.74. The second kappa shape index (κ2) is 11.5. The molecule has 3 heteroatoms. The van der Waals surface area contributed by atoms with E-state index in [4.69, 9.17) is 4.74 Å². The van der Waals surface area contributed by atoms with Gasteiger partial charge in [-0.3, -0.25) is 9.79 Å². The second-order valence-corrected chi connectivity index (χ2v) is 7.84. The van der Waals surface area contributed by atoms with Crippen molar-refractivity contribution in [1.82, 2.24) is 0 Å². The van der Waals surface area contributed by atoms with Crippen LogP contribution in [0.25, 0.3) is 0 Å². The molecule has 0 unspecified atom stereocenters. The van der Waals surface area contributed by atoms with Gasteiger partial charge in [-0.05, 0) is 62.7 Å². The lowest BCUT2D eigenvalue weighted by Gasteiger charge is -2.32. The van der Waals surface area contributed by atoms with Gasteiger partial charge in [0.25, 0.3) is 0 Å². The monoisotopic (exact) mass is 369 g/mol. The number of allylic oxidation sites excluding steroid dienone is 10. The van der Waals surface area contributed by atoms with Gasteiger partial charge in [0.15, 0.2) is 0 Å². The largest absolute Gasteiger partial charge is 0.464 e. The third-order valence-corrected chi connectivity index (χ3v) is 4.74. The van der Waals surface area contributed by atoms with E-state index < -0.39 is 0 Å². The number of hydrogen-bond donors (Lipinski definition) is 0. The van der Waals surface area contributed by atoms with E-state index in [-0.39, 0.29) is 11.4 Å². The molecule has 0 bridgehead atoms. The van der Waals surface area contributed by atoms with Crippen LogP contribution in [0.15, 0.2) is 63.7 Å². The molecule has 0 spiro atoms. The topological polar surface area (TPSA) is 38.7 Å². The van der Waals surface area contributed by atoms with Crippen LogP contribution in [0, 0.1) is 5.41 Å². The van der Waals surface area contributed by atoms with E-state index in [1.54, 1.807) is 6.21 Å². The molecule has 0 aromatic carbocycles. The Morgan fingerprint density at radius 1 is 1.15 bits per heavy atom. The van der Waals surface area contributed by atoms with Gasteiger partial charge in [0.2, 0.25) is 0 Å². The summed E-state index contributed by atoms with van der Waals surface area (Å²) in [4.78, 5) is 14.8. The maximum absolute atomic E-state index is 10.6. The van der Waals surface area contributed by atoms with Crippen LogP contribution in [0.4, 0.5) is 0 Å². The molecule has 1 aliphatic rings. The van der Waals surface area contributed by atoms with Crippen molar-refractivity contribution in [2.45, 2.75) is 60.8 Å². The van der Waals surface area contributed by atoms with Crippen LogP contribution in [-0.4, -0.2) is 25.3 Å². The van der Waals surface area contributed by atoms with Gasteiger partial charge in [0, 0.05) is 13.1 Å². The minimum absolute atomic E-state index is 0.269. The summed E-state index contributed by atoms with van der Waals surface area (Å²) < 4.78 is 4.82. The Balaban J connectivity index is 2.56. The number of carbonyl (C=O) groups is 1. The van der Waals surface area contributed by atoms with Gasteiger partial charge in [-0.15, -0.1) is 0 Å². The summed E-state index contributed by atoms with van der Waals surface area (Å²) in [7, 11) is 0. The van der Waals surface area contributed by atoms with Crippen LogP contribution in [0.5, 0.6) is 0 Å². The zero-order valence-corrected chi connectivity index (χ0v) is 17.8. The molecule has 0 saturated carbocycles. The van der Waals surface area contributed by atoms with Crippen molar-refractivity contribution < 1.29 is 9.53 Å². The lowest BCUT2D eigenvalue weighted by Crippen LogP contribution is -2.19. The van der Waals surface area contributed by atoms with Crippen LogP contribution in [-0.2, 0) is 9.53 Å². The zero-order chi connectivity index (χ0) is 20.3. The fraction of sp³-hybridized carbons (Fsp3) is 0.500. The number of ether oxygens (including phenoxy) is 1. The van der Waals surface area contributed by atoms with Gasteiger partial charge in [-0.2, -0.15) is 0 Å². The first-order valence-electron chi connectivity index (χ1n) is 9.76. The maximum Gasteiger partial charge on any atom is 0.302 e. The molecule has 0 heterocycles. The molecule has 0 fully saturated rings. The first kappa shape index (κ1) is 22.9. The van der Waals surface area contributed by atoms with Crippen molar-refractivity contribution in [3.8, 4) is 0 Å². The molecule has 1 aliphatic carbocycles. The van der Waals surface area contributed by atoms with Crippen LogP contribution in [0.3, 0.4) is 0 Å².